The third kappa shape index (κ3) is 9.94. The average Bonchev–Trinajstić information content (AvgIpc) is 2.73. The molecular weight excluding hydrogens is 406 g/mol. The Morgan fingerprint density at radius 1 is 1.06 bits per heavy atom. The van der Waals surface area contributed by atoms with Gasteiger partial charge < -0.3 is 20.5 Å². The Hall–Kier alpha value is -3.14. The molecule has 1 unspecified atom stereocenters. The van der Waals surface area contributed by atoms with Crippen LogP contribution in [0, 0.1) is 5.92 Å². The summed E-state index contributed by atoms with van der Waals surface area (Å²) in [5.74, 6) is -2.26. The molecular formula is C21H31N3O7. The number of benzene rings is 1. The molecule has 0 heterocycles. The van der Waals surface area contributed by atoms with E-state index in [1.165, 1.54) is 14.2 Å². The van der Waals surface area contributed by atoms with Crippen LogP contribution in [-0.2, 0) is 30.6 Å². The number of carbonyl (C=O) groups excluding carboxylic acids is 3. The first kappa shape index (κ1) is 25.9. The van der Waals surface area contributed by atoms with Gasteiger partial charge in [0, 0.05) is 13.5 Å². The van der Waals surface area contributed by atoms with Crippen molar-refractivity contribution in [2.75, 3.05) is 14.2 Å². The molecule has 0 aliphatic heterocycles. The molecule has 0 saturated heterocycles. The van der Waals surface area contributed by atoms with Crippen LogP contribution in [0.25, 0.3) is 0 Å². The number of hydroxylamine groups is 2. The highest BCUT2D eigenvalue weighted by molar-refractivity contribution is 5.91. The zero-order chi connectivity index (χ0) is 23.4. The first-order chi connectivity index (χ1) is 14.6. The highest BCUT2D eigenvalue weighted by atomic mass is 16.7. The monoisotopic (exact) mass is 437 g/mol. The van der Waals surface area contributed by atoms with Gasteiger partial charge in [0.1, 0.15) is 18.7 Å². The van der Waals surface area contributed by atoms with Crippen LogP contribution in [0.5, 0.6) is 0 Å². The Balaban J connectivity index is 2.81. The summed E-state index contributed by atoms with van der Waals surface area (Å²) >= 11 is 0. The maximum Gasteiger partial charge on any atom is 0.408 e. The van der Waals surface area contributed by atoms with Crippen molar-refractivity contribution in [1.82, 2.24) is 15.7 Å². The van der Waals surface area contributed by atoms with E-state index < -0.39 is 36.0 Å². The van der Waals surface area contributed by atoms with Gasteiger partial charge in [0.05, 0.1) is 7.11 Å². The van der Waals surface area contributed by atoms with Crippen molar-refractivity contribution in [3.05, 3.63) is 35.9 Å². The Bertz CT molecular complexity index is 740. The Labute approximate surface area is 181 Å². The molecule has 3 N–H and O–H groups in total. The first-order valence-electron chi connectivity index (χ1n) is 9.95. The van der Waals surface area contributed by atoms with Crippen LogP contribution in [-0.4, -0.2) is 60.3 Å². The van der Waals surface area contributed by atoms with E-state index in [-0.39, 0.29) is 25.4 Å². The van der Waals surface area contributed by atoms with Gasteiger partial charge in [-0.3, -0.25) is 19.2 Å². The van der Waals surface area contributed by atoms with E-state index in [2.05, 4.69) is 10.6 Å². The van der Waals surface area contributed by atoms with E-state index in [0.717, 1.165) is 10.6 Å². The summed E-state index contributed by atoms with van der Waals surface area (Å²) in [6, 6.07) is 7.00. The van der Waals surface area contributed by atoms with Gasteiger partial charge in [-0.25, -0.2) is 9.86 Å². The molecule has 0 aliphatic rings. The van der Waals surface area contributed by atoms with Crippen LogP contribution in [0.3, 0.4) is 0 Å². The number of amides is 3. The number of carboxylic acid groups (broad SMARTS) is 1. The van der Waals surface area contributed by atoms with Crippen molar-refractivity contribution >= 4 is 23.9 Å². The Morgan fingerprint density at radius 2 is 1.71 bits per heavy atom. The largest absolute Gasteiger partial charge is 0.481 e. The van der Waals surface area contributed by atoms with Crippen molar-refractivity contribution < 1.29 is 33.9 Å². The summed E-state index contributed by atoms with van der Waals surface area (Å²) in [5, 5.41) is 14.9. The molecule has 172 valence electrons. The fourth-order valence-corrected chi connectivity index (χ4v) is 2.72. The normalized spacial score (nSPS) is 12.5. The summed E-state index contributed by atoms with van der Waals surface area (Å²) < 4.78 is 5.17. The topological polar surface area (TPSA) is 134 Å². The number of likely N-dealkylation sites (N-methyl/N-ethyl adjacent to an activating group) is 1. The minimum Gasteiger partial charge on any atom is -0.481 e. The van der Waals surface area contributed by atoms with Crippen LogP contribution in [0.1, 0.15) is 38.7 Å². The number of ether oxygens (including phenoxy) is 1. The van der Waals surface area contributed by atoms with Gasteiger partial charge in [0.2, 0.25) is 5.91 Å². The number of rotatable bonds is 12. The van der Waals surface area contributed by atoms with Crippen LogP contribution in [0.15, 0.2) is 30.3 Å². The number of nitrogens with one attached hydrogen (secondary N) is 2. The molecule has 0 saturated carbocycles. The maximum absolute atomic E-state index is 12.8. The molecule has 1 rings (SSSR count). The molecule has 0 radical (unpaired) electrons. The fourth-order valence-electron chi connectivity index (χ4n) is 2.72. The Morgan fingerprint density at radius 3 is 2.26 bits per heavy atom. The number of hydrogen-bond donors (Lipinski definition) is 3. The smallest absolute Gasteiger partial charge is 0.408 e. The summed E-state index contributed by atoms with van der Waals surface area (Å²) in [6.07, 6.45) is -0.922. The van der Waals surface area contributed by atoms with E-state index in [1.807, 2.05) is 32.0 Å². The lowest BCUT2D eigenvalue weighted by molar-refractivity contribution is -0.172. The molecule has 1 aromatic rings. The van der Waals surface area contributed by atoms with Crippen LogP contribution >= 0.6 is 0 Å². The van der Waals surface area contributed by atoms with Gasteiger partial charge in [0.15, 0.2) is 0 Å². The lowest BCUT2D eigenvalue weighted by Gasteiger charge is -2.25. The second kappa shape index (κ2) is 13.2. The van der Waals surface area contributed by atoms with E-state index in [4.69, 9.17) is 14.7 Å². The van der Waals surface area contributed by atoms with Gasteiger partial charge in [-0.1, -0.05) is 44.2 Å². The van der Waals surface area contributed by atoms with Crippen molar-refractivity contribution in [3.8, 4) is 0 Å². The number of carboxylic acids is 1. The molecule has 2 atom stereocenters. The highest BCUT2D eigenvalue weighted by Crippen LogP contribution is 2.09. The quantitative estimate of drug-likeness (QED) is 0.424. The molecule has 0 aliphatic carbocycles. The molecule has 3 amide bonds. The van der Waals surface area contributed by atoms with E-state index in [1.54, 1.807) is 12.1 Å². The summed E-state index contributed by atoms with van der Waals surface area (Å²) in [7, 11) is 2.63. The maximum atomic E-state index is 12.8. The molecule has 1 aromatic carbocycles. The third-order valence-electron chi connectivity index (χ3n) is 4.37. The highest BCUT2D eigenvalue weighted by Gasteiger charge is 2.29. The van der Waals surface area contributed by atoms with Gasteiger partial charge in [-0.05, 0) is 24.3 Å². The number of alkyl carbamates (subject to hydrolysis) is 1. The molecule has 10 nitrogen and oxygen atoms in total. The zero-order valence-electron chi connectivity index (χ0n) is 18.3. The lowest BCUT2D eigenvalue weighted by Crippen LogP contribution is -2.54. The van der Waals surface area contributed by atoms with Gasteiger partial charge in [-0.15, -0.1) is 0 Å². The minimum atomic E-state index is -1.12. The predicted octanol–water partition coefficient (Wildman–Crippen LogP) is 1.70. The van der Waals surface area contributed by atoms with Crippen molar-refractivity contribution in [2.24, 2.45) is 5.92 Å². The fraction of sp³-hybridized carbons (Fsp3) is 0.524. The number of hydrogen-bond acceptors (Lipinski definition) is 6. The Kier molecular flexibility index (Phi) is 11.0. The van der Waals surface area contributed by atoms with Crippen LogP contribution in [0.4, 0.5) is 4.79 Å². The third-order valence-corrected chi connectivity index (χ3v) is 4.37. The molecule has 10 heteroatoms. The molecule has 0 aromatic heterocycles. The summed E-state index contributed by atoms with van der Waals surface area (Å²) in [5.41, 5.74) is 0.796. The number of carbonyl (C=O) groups is 4. The van der Waals surface area contributed by atoms with Crippen LogP contribution in [0.2, 0.25) is 0 Å². The molecule has 0 fully saturated rings. The van der Waals surface area contributed by atoms with E-state index >= 15 is 0 Å². The van der Waals surface area contributed by atoms with Gasteiger partial charge in [0.25, 0.3) is 5.91 Å². The molecule has 0 bridgehead atoms. The van der Waals surface area contributed by atoms with Gasteiger partial charge in [-0.2, -0.15) is 0 Å². The minimum absolute atomic E-state index is 0.0427. The van der Waals surface area contributed by atoms with Crippen molar-refractivity contribution in [3.63, 3.8) is 0 Å². The summed E-state index contributed by atoms with van der Waals surface area (Å²) in [4.78, 5) is 53.2. The van der Waals surface area contributed by atoms with Crippen LogP contribution < -0.4 is 10.6 Å². The summed E-state index contributed by atoms with van der Waals surface area (Å²) in [6.45, 7) is 3.80. The first-order valence-corrected chi connectivity index (χ1v) is 9.95. The zero-order valence-corrected chi connectivity index (χ0v) is 18.3. The number of nitrogens with zero attached hydrogens (tertiary/aromatic N) is 1. The van der Waals surface area contributed by atoms with E-state index in [9.17, 15) is 19.2 Å². The predicted molar refractivity (Wildman–Crippen MR) is 112 cm³/mol. The standard InChI is InChI=1S/C21H31N3O7/c1-14(2)12-17(23-21(29)31-13-15-8-6-5-7-9-15)19(27)22-16(10-11-18(25)26)20(28)24(3)30-4/h5-9,14,16-17H,10-13H2,1-4H3,(H,22,27)(H,23,29)(H,25,26)/t16?,17-/m0/s1. The molecule has 31 heavy (non-hydrogen) atoms. The second-order valence-corrected chi connectivity index (χ2v) is 7.40. The second-order valence-electron chi connectivity index (χ2n) is 7.40. The van der Waals surface area contributed by atoms with E-state index in [0.29, 0.717) is 6.42 Å². The average molecular weight is 437 g/mol. The lowest BCUT2D eigenvalue weighted by atomic mass is 10.0. The van der Waals surface area contributed by atoms with Crippen molar-refractivity contribution in [2.45, 2.75) is 51.8 Å². The van der Waals surface area contributed by atoms with Gasteiger partial charge >= 0.3 is 12.1 Å². The molecule has 0 spiro atoms. The van der Waals surface area contributed by atoms with Crippen molar-refractivity contribution in [1.29, 1.82) is 0 Å². The number of aliphatic carboxylic acids is 1. The SMILES string of the molecule is CON(C)C(=O)C(CCC(=O)O)NC(=O)[C@H](CC(C)C)NC(=O)OCc1ccccc1.